The minimum absolute atomic E-state index is 0.0622. The van der Waals surface area contributed by atoms with E-state index in [-0.39, 0.29) is 15.9 Å². The van der Waals surface area contributed by atoms with E-state index in [4.69, 9.17) is 16.3 Å². The summed E-state index contributed by atoms with van der Waals surface area (Å²) in [5.41, 5.74) is 0.696. The maximum Gasteiger partial charge on any atom is 0.485 e. The molecule has 0 bridgehead atoms. The highest BCUT2D eigenvalue weighted by Crippen LogP contribution is 2.41. The summed E-state index contributed by atoms with van der Waals surface area (Å²) < 4.78 is 42.9. The Balaban J connectivity index is 1.99. The van der Waals surface area contributed by atoms with Crippen LogP contribution in [0.5, 0.6) is 0 Å². The molecule has 0 fully saturated rings. The molecule has 1 aliphatic heterocycles. The predicted molar refractivity (Wildman–Crippen MR) is 69.4 cm³/mol. The van der Waals surface area contributed by atoms with Crippen molar-refractivity contribution in [2.45, 2.75) is 18.3 Å². The standard InChI is InChI=1S/C12H9ClF3NO2S/c13-9-6-17(12(14,15)16)10(20-9)11(18)19-7-8-4-2-1-3-5-8/h1-6,10H,7H2. The van der Waals surface area contributed by atoms with Crippen LogP contribution in [0.3, 0.4) is 0 Å². The molecule has 1 aromatic carbocycles. The van der Waals surface area contributed by atoms with Gasteiger partial charge in [-0.3, -0.25) is 4.90 Å². The molecule has 0 spiro atoms. The maximum atomic E-state index is 12.7. The van der Waals surface area contributed by atoms with E-state index in [0.717, 1.165) is 0 Å². The molecule has 0 amide bonds. The van der Waals surface area contributed by atoms with E-state index in [9.17, 15) is 18.0 Å². The van der Waals surface area contributed by atoms with Crippen LogP contribution in [0, 0.1) is 0 Å². The number of thioether (sulfide) groups is 1. The SMILES string of the molecule is O=C(OCc1ccccc1)C1SC(Cl)=CN1C(F)(F)F. The summed E-state index contributed by atoms with van der Waals surface area (Å²) in [6, 6.07) is 8.69. The third-order valence-corrected chi connectivity index (χ3v) is 3.77. The van der Waals surface area contributed by atoms with Crippen molar-refractivity contribution in [3.63, 3.8) is 0 Å². The van der Waals surface area contributed by atoms with Crippen molar-refractivity contribution in [2.24, 2.45) is 0 Å². The van der Waals surface area contributed by atoms with Crippen molar-refractivity contribution in [3.05, 3.63) is 46.5 Å². The van der Waals surface area contributed by atoms with Gasteiger partial charge in [-0.2, -0.15) is 13.2 Å². The van der Waals surface area contributed by atoms with Gasteiger partial charge in [-0.25, -0.2) is 4.79 Å². The minimum atomic E-state index is -4.68. The van der Waals surface area contributed by atoms with Crippen LogP contribution in [0.4, 0.5) is 13.2 Å². The number of rotatable bonds is 3. The van der Waals surface area contributed by atoms with Crippen LogP contribution >= 0.6 is 23.4 Å². The molecular weight excluding hydrogens is 315 g/mol. The Kier molecular flexibility index (Phi) is 4.49. The summed E-state index contributed by atoms with van der Waals surface area (Å²) in [6.07, 6.45) is -4.00. The molecule has 1 atom stereocenters. The lowest BCUT2D eigenvalue weighted by atomic mass is 10.2. The molecule has 1 aromatic rings. The van der Waals surface area contributed by atoms with Gasteiger partial charge in [0.15, 0.2) is 5.37 Å². The summed E-state index contributed by atoms with van der Waals surface area (Å²) >= 11 is 6.15. The average molecular weight is 324 g/mol. The maximum absolute atomic E-state index is 12.7. The van der Waals surface area contributed by atoms with Gasteiger partial charge in [-0.15, -0.1) is 0 Å². The second-order valence-electron chi connectivity index (χ2n) is 3.87. The molecule has 2 rings (SSSR count). The Morgan fingerprint density at radius 2 is 2.00 bits per heavy atom. The van der Waals surface area contributed by atoms with E-state index in [1.807, 2.05) is 0 Å². The van der Waals surface area contributed by atoms with Gasteiger partial charge >= 0.3 is 12.3 Å². The third kappa shape index (κ3) is 3.61. The highest BCUT2D eigenvalue weighted by Gasteiger charge is 2.47. The molecule has 0 saturated carbocycles. The van der Waals surface area contributed by atoms with Crippen molar-refractivity contribution in [1.29, 1.82) is 0 Å². The highest BCUT2D eigenvalue weighted by atomic mass is 35.5. The Morgan fingerprint density at radius 1 is 1.35 bits per heavy atom. The highest BCUT2D eigenvalue weighted by molar-refractivity contribution is 8.05. The topological polar surface area (TPSA) is 29.5 Å². The van der Waals surface area contributed by atoms with Gasteiger partial charge in [0, 0.05) is 6.20 Å². The van der Waals surface area contributed by atoms with Crippen molar-refractivity contribution < 1.29 is 22.7 Å². The number of carbonyl (C=O) groups is 1. The Bertz CT molecular complexity index is 521. The van der Waals surface area contributed by atoms with Crippen molar-refractivity contribution >= 4 is 29.3 Å². The van der Waals surface area contributed by atoms with Crippen LogP contribution < -0.4 is 0 Å². The monoisotopic (exact) mass is 323 g/mol. The lowest BCUT2D eigenvalue weighted by Gasteiger charge is -2.24. The quantitative estimate of drug-likeness (QED) is 0.627. The first-order valence-electron chi connectivity index (χ1n) is 5.47. The number of carbonyl (C=O) groups excluding carboxylic acids is 1. The Morgan fingerprint density at radius 3 is 2.60 bits per heavy atom. The fourth-order valence-corrected chi connectivity index (χ4v) is 2.74. The largest absolute Gasteiger partial charge is 0.485 e. The number of ether oxygens (including phenoxy) is 1. The normalized spacial score (nSPS) is 18.9. The zero-order chi connectivity index (χ0) is 14.8. The number of hydrogen-bond acceptors (Lipinski definition) is 4. The van der Waals surface area contributed by atoms with E-state index in [1.54, 1.807) is 30.3 Å². The molecule has 0 radical (unpaired) electrons. The first-order chi connectivity index (χ1) is 9.38. The molecule has 0 N–H and O–H groups in total. The summed E-state index contributed by atoms with van der Waals surface area (Å²) in [5, 5.41) is -1.54. The van der Waals surface area contributed by atoms with E-state index in [1.165, 1.54) is 0 Å². The fraction of sp³-hybridized carbons (Fsp3) is 0.250. The molecule has 0 aliphatic carbocycles. The van der Waals surface area contributed by atoms with Crippen LogP contribution in [-0.2, 0) is 16.1 Å². The molecule has 0 saturated heterocycles. The van der Waals surface area contributed by atoms with Crippen LogP contribution in [0.1, 0.15) is 5.56 Å². The molecule has 1 heterocycles. The summed E-state index contributed by atoms with van der Waals surface area (Å²) in [4.78, 5) is 11.7. The number of halogens is 4. The van der Waals surface area contributed by atoms with Gasteiger partial charge in [-0.1, -0.05) is 53.7 Å². The Labute approximate surface area is 122 Å². The number of alkyl halides is 3. The second-order valence-corrected chi connectivity index (χ2v) is 5.63. The van der Waals surface area contributed by atoms with Crippen LogP contribution in [0.25, 0.3) is 0 Å². The van der Waals surface area contributed by atoms with Crippen LogP contribution in [0.2, 0.25) is 0 Å². The smallest absolute Gasteiger partial charge is 0.459 e. The molecule has 20 heavy (non-hydrogen) atoms. The molecule has 0 aromatic heterocycles. The zero-order valence-electron chi connectivity index (χ0n) is 9.93. The summed E-state index contributed by atoms with van der Waals surface area (Å²) in [6.45, 7) is -0.0833. The second kappa shape index (κ2) is 5.97. The molecule has 1 aliphatic rings. The lowest BCUT2D eigenvalue weighted by molar-refractivity contribution is -0.232. The van der Waals surface area contributed by atoms with Gasteiger partial charge in [0.25, 0.3) is 0 Å². The average Bonchev–Trinajstić information content (AvgIpc) is 2.79. The van der Waals surface area contributed by atoms with Crippen molar-refractivity contribution in [2.75, 3.05) is 0 Å². The predicted octanol–water partition coefficient (Wildman–Crippen LogP) is 3.66. The van der Waals surface area contributed by atoms with Crippen molar-refractivity contribution in [1.82, 2.24) is 4.90 Å². The molecule has 108 valence electrons. The van der Waals surface area contributed by atoms with Gasteiger partial charge in [0.05, 0.1) is 4.36 Å². The molecular formula is C12H9ClF3NO2S. The third-order valence-electron chi connectivity index (χ3n) is 2.44. The van der Waals surface area contributed by atoms with E-state index >= 15 is 0 Å². The number of nitrogens with zero attached hydrogens (tertiary/aromatic N) is 1. The van der Waals surface area contributed by atoms with Gasteiger partial charge < -0.3 is 4.74 Å². The van der Waals surface area contributed by atoms with Gasteiger partial charge in [0.1, 0.15) is 6.61 Å². The Hall–Kier alpha value is -1.34. The first-order valence-corrected chi connectivity index (χ1v) is 6.73. The zero-order valence-corrected chi connectivity index (χ0v) is 11.5. The molecule has 1 unspecified atom stereocenters. The van der Waals surface area contributed by atoms with Gasteiger partial charge in [-0.05, 0) is 5.56 Å². The lowest BCUT2D eigenvalue weighted by Crippen LogP contribution is -2.42. The van der Waals surface area contributed by atoms with Gasteiger partial charge in [0.2, 0.25) is 0 Å². The first kappa shape index (κ1) is 15.1. The van der Waals surface area contributed by atoms with Crippen LogP contribution in [-0.4, -0.2) is 22.5 Å². The molecule has 3 nitrogen and oxygen atoms in total. The van der Waals surface area contributed by atoms with E-state index in [2.05, 4.69) is 0 Å². The van der Waals surface area contributed by atoms with Crippen molar-refractivity contribution in [3.8, 4) is 0 Å². The van der Waals surface area contributed by atoms with E-state index < -0.39 is 17.6 Å². The summed E-state index contributed by atoms with van der Waals surface area (Å²) in [5.74, 6) is -0.983. The number of esters is 1. The number of hydrogen-bond donors (Lipinski definition) is 0. The number of benzene rings is 1. The fourth-order valence-electron chi connectivity index (χ4n) is 1.54. The molecule has 8 heteroatoms. The van der Waals surface area contributed by atoms with E-state index in [0.29, 0.717) is 23.5 Å². The van der Waals surface area contributed by atoms with Crippen LogP contribution in [0.15, 0.2) is 40.9 Å². The minimum Gasteiger partial charge on any atom is -0.459 e. The summed E-state index contributed by atoms with van der Waals surface area (Å²) in [7, 11) is 0.